The predicted molar refractivity (Wildman–Crippen MR) is 75.6 cm³/mol. The maximum Gasteiger partial charge on any atom is 0.316 e. The maximum atomic E-state index is 12.6. The number of carboxylic acid groups (broad SMARTS) is 1. The molecule has 2 unspecified atom stereocenters. The molecule has 1 heterocycles. The summed E-state index contributed by atoms with van der Waals surface area (Å²) < 4.78 is 5.25. The van der Waals surface area contributed by atoms with Gasteiger partial charge in [-0.3, -0.25) is 14.4 Å². The van der Waals surface area contributed by atoms with Crippen LogP contribution in [0.3, 0.4) is 0 Å². The highest BCUT2D eigenvalue weighted by atomic mass is 16.5. The number of carboxylic acids is 1. The second-order valence-corrected chi connectivity index (χ2v) is 6.15. The summed E-state index contributed by atoms with van der Waals surface area (Å²) in [6.07, 6.45) is 0. The van der Waals surface area contributed by atoms with Gasteiger partial charge in [0.15, 0.2) is 0 Å². The Morgan fingerprint density at radius 2 is 2.00 bits per heavy atom. The molecular weight excluding hydrogens is 276 g/mol. The van der Waals surface area contributed by atoms with Gasteiger partial charge in [-0.1, -0.05) is 20.8 Å². The Morgan fingerprint density at radius 1 is 1.38 bits per heavy atom. The number of morpholine rings is 1. The summed E-state index contributed by atoms with van der Waals surface area (Å²) in [5.41, 5.74) is -0.729. The Hall–Kier alpha value is -1.63. The van der Waals surface area contributed by atoms with E-state index in [0.717, 1.165) is 0 Å². The average Bonchev–Trinajstić information content (AvgIpc) is 2.36. The third kappa shape index (κ3) is 4.17. The normalized spacial score (nSPS) is 20.8. The van der Waals surface area contributed by atoms with Crippen LogP contribution in [-0.4, -0.2) is 60.1 Å². The summed E-state index contributed by atoms with van der Waals surface area (Å²) in [6.45, 7) is 7.94. The van der Waals surface area contributed by atoms with E-state index in [1.807, 2.05) is 0 Å². The number of carbonyl (C=O) groups is 3. The number of rotatable bonds is 4. The van der Waals surface area contributed by atoms with Crippen molar-refractivity contribution in [3.63, 3.8) is 0 Å². The summed E-state index contributed by atoms with van der Waals surface area (Å²) in [5, 5.41) is 12.0. The molecule has 1 aliphatic heterocycles. The predicted octanol–water partition coefficient (Wildman–Crippen LogP) is 0.0968. The van der Waals surface area contributed by atoms with Gasteiger partial charge in [-0.15, -0.1) is 0 Å². The second-order valence-electron chi connectivity index (χ2n) is 6.15. The fraction of sp³-hybridized carbons (Fsp3) is 0.786. The van der Waals surface area contributed by atoms with Crippen molar-refractivity contribution in [2.24, 2.45) is 11.3 Å². The molecule has 1 saturated heterocycles. The van der Waals surface area contributed by atoms with E-state index in [9.17, 15) is 19.5 Å². The first kappa shape index (κ1) is 17.4. The molecule has 0 aromatic rings. The minimum atomic E-state index is -1.19. The molecule has 1 aliphatic rings. The molecule has 1 rings (SSSR count). The Balaban J connectivity index is 3.00. The van der Waals surface area contributed by atoms with E-state index >= 15 is 0 Å². The van der Waals surface area contributed by atoms with Crippen LogP contribution < -0.4 is 5.32 Å². The lowest BCUT2D eigenvalue weighted by atomic mass is 9.79. The van der Waals surface area contributed by atoms with Gasteiger partial charge in [-0.05, 0) is 12.3 Å². The van der Waals surface area contributed by atoms with Crippen molar-refractivity contribution in [1.82, 2.24) is 10.2 Å². The largest absolute Gasteiger partial charge is 0.481 e. The van der Waals surface area contributed by atoms with Gasteiger partial charge in [-0.2, -0.15) is 0 Å². The molecule has 0 aromatic carbocycles. The van der Waals surface area contributed by atoms with Crippen molar-refractivity contribution in [2.75, 3.05) is 26.3 Å². The fourth-order valence-corrected chi connectivity index (χ4v) is 2.39. The minimum absolute atomic E-state index is 0.0913. The molecule has 0 bridgehead atoms. The number of nitrogens with zero attached hydrogens (tertiary/aromatic N) is 1. The second kappa shape index (κ2) is 6.89. The summed E-state index contributed by atoms with van der Waals surface area (Å²) in [7, 11) is 0. The number of likely N-dealkylation sites (N-methyl/N-ethyl adjacent to an activating group) is 1. The van der Waals surface area contributed by atoms with Crippen LogP contribution in [0.15, 0.2) is 0 Å². The van der Waals surface area contributed by atoms with E-state index in [1.165, 1.54) is 4.90 Å². The van der Waals surface area contributed by atoms with E-state index in [1.54, 1.807) is 27.7 Å². The molecule has 2 atom stereocenters. The first-order chi connectivity index (χ1) is 9.70. The van der Waals surface area contributed by atoms with Gasteiger partial charge in [0, 0.05) is 13.1 Å². The molecule has 1 fully saturated rings. The van der Waals surface area contributed by atoms with Crippen molar-refractivity contribution < 1.29 is 24.2 Å². The Bertz CT molecular complexity index is 416. The molecule has 0 saturated carbocycles. The molecule has 0 spiro atoms. The zero-order valence-corrected chi connectivity index (χ0v) is 13.0. The molecule has 2 N–H and O–H groups in total. The lowest BCUT2D eigenvalue weighted by Crippen LogP contribution is -2.59. The van der Waals surface area contributed by atoms with Crippen LogP contribution in [0.25, 0.3) is 0 Å². The highest BCUT2D eigenvalue weighted by Gasteiger charge is 2.44. The molecule has 7 heteroatoms. The van der Waals surface area contributed by atoms with Gasteiger partial charge in [0.1, 0.15) is 12.0 Å². The lowest BCUT2D eigenvalue weighted by Gasteiger charge is -2.38. The van der Waals surface area contributed by atoms with Crippen molar-refractivity contribution in [3.8, 4) is 0 Å². The van der Waals surface area contributed by atoms with Crippen LogP contribution in [0.4, 0.5) is 0 Å². The van der Waals surface area contributed by atoms with Crippen LogP contribution in [0.5, 0.6) is 0 Å². The SMILES string of the molecule is CCNC(=O)C1COCCN1C(=O)C(C(=O)O)C(C)(C)C. The van der Waals surface area contributed by atoms with Crippen molar-refractivity contribution >= 4 is 17.8 Å². The molecule has 120 valence electrons. The zero-order valence-electron chi connectivity index (χ0n) is 13.0. The quantitative estimate of drug-likeness (QED) is 0.718. The summed E-state index contributed by atoms with van der Waals surface area (Å²) in [6, 6.07) is -0.768. The molecule has 0 aliphatic carbocycles. The van der Waals surface area contributed by atoms with Crippen LogP contribution in [0.2, 0.25) is 0 Å². The van der Waals surface area contributed by atoms with E-state index in [4.69, 9.17) is 4.74 Å². The number of hydrogen-bond donors (Lipinski definition) is 2. The van der Waals surface area contributed by atoms with Gasteiger partial charge >= 0.3 is 5.97 Å². The van der Waals surface area contributed by atoms with E-state index in [-0.39, 0.29) is 19.1 Å². The smallest absolute Gasteiger partial charge is 0.316 e. The van der Waals surface area contributed by atoms with Gasteiger partial charge < -0.3 is 20.1 Å². The highest BCUT2D eigenvalue weighted by molar-refractivity contribution is 5.99. The number of carbonyl (C=O) groups excluding carboxylic acids is 2. The standard InChI is InChI=1S/C14H24N2O5/c1-5-15-11(17)9-8-21-7-6-16(9)12(18)10(13(19)20)14(2,3)4/h9-10H,5-8H2,1-4H3,(H,15,17)(H,19,20). The third-order valence-electron chi connectivity index (χ3n) is 3.43. The molecular formula is C14H24N2O5. The highest BCUT2D eigenvalue weighted by Crippen LogP contribution is 2.29. The molecule has 21 heavy (non-hydrogen) atoms. The Morgan fingerprint density at radius 3 is 2.48 bits per heavy atom. The van der Waals surface area contributed by atoms with Gasteiger partial charge in [-0.25, -0.2) is 0 Å². The minimum Gasteiger partial charge on any atom is -0.481 e. The van der Waals surface area contributed by atoms with Crippen LogP contribution >= 0.6 is 0 Å². The van der Waals surface area contributed by atoms with Gasteiger partial charge in [0.2, 0.25) is 11.8 Å². The summed E-state index contributed by atoms with van der Waals surface area (Å²) in [4.78, 5) is 37.4. The molecule has 7 nitrogen and oxygen atoms in total. The van der Waals surface area contributed by atoms with Crippen LogP contribution in [0.1, 0.15) is 27.7 Å². The Labute approximate surface area is 124 Å². The van der Waals surface area contributed by atoms with Crippen molar-refractivity contribution in [2.45, 2.75) is 33.7 Å². The first-order valence-electron chi connectivity index (χ1n) is 7.08. The molecule has 0 aromatic heterocycles. The van der Waals surface area contributed by atoms with Gasteiger partial charge in [0.25, 0.3) is 0 Å². The van der Waals surface area contributed by atoms with Gasteiger partial charge in [0.05, 0.1) is 13.2 Å². The number of amides is 2. The number of nitrogens with one attached hydrogen (secondary N) is 1. The summed E-state index contributed by atoms with van der Waals surface area (Å²) in [5.74, 6) is -3.21. The molecule has 2 amide bonds. The lowest BCUT2D eigenvalue weighted by molar-refractivity contribution is -0.163. The maximum absolute atomic E-state index is 12.6. The monoisotopic (exact) mass is 300 g/mol. The van der Waals surface area contributed by atoms with Crippen LogP contribution in [-0.2, 0) is 19.1 Å². The Kier molecular flexibility index (Phi) is 5.71. The molecule has 0 radical (unpaired) electrons. The van der Waals surface area contributed by atoms with Crippen molar-refractivity contribution in [1.29, 1.82) is 0 Å². The van der Waals surface area contributed by atoms with E-state index < -0.39 is 29.3 Å². The summed E-state index contributed by atoms with van der Waals surface area (Å²) >= 11 is 0. The number of hydrogen-bond acceptors (Lipinski definition) is 4. The topological polar surface area (TPSA) is 95.9 Å². The van der Waals surface area contributed by atoms with Crippen LogP contribution in [0, 0.1) is 11.3 Å². The average molecular weight is 300 g/mol. The number of ether oxygens (including phenoxy) is 1. The number of aliphatic carboxylic acids is 1. The third-order valence-corrected chi connectivity index (χ3v) is 3.43. The zero-order chi connectivity index (χ0) is 16.2. The fourth-order valence-electron chi connectivity index (χ4n) is 2.39. The van der Waals surface area contributed by atoms with Crippen molar-refractivity contribution in [3.05, 3.63) is 0 Å². The van der Waals surface area contributed by atoms with E-state index in [0.29, 0.717) is 13.2 Å². The first-order valence-corrected chi connectivity index (χ1v) is 7.08. The van der Waals surface area contributed by atoms with E-state index in [2.05, 4.69) is 5.32 Å².